The van der Waals surface area contributed by atoms with Gasteiger partial charge in [-0.2, -0.15) is 5.26 Å². The minimum absolute atomic E-state index is 0.132. The average molecular weight is 317 g/mol. The lowest BCUT2D eigenvalue weighted by Crippen LogP contribution is -3.15. The molecule has 23 heavy (non-hydrogen) atoms. The SMILES string of the molecule is CCOC(=O)N1CC[NH+](CC(=O)Nc2ccccc2C#N)CC1. The summed E-state index contributed by atoms with van der Waals surface area (Å²) in [7, 11) is 0. The van der Waals surface area contributed by atoms with Gasteiger partial charge in [-0.3, -0.25) is 9.69 Å². The van der Waals surface area contributed by atoms with Gasteiger partial charge < -0.3 is 15.0 Å². The van der Waals surface area contributed by atoms with Gasteiger partial charge in [-0.1, -0.05) is 12.1 Å². The van der Waals surface area contributed by atoms with Crippen LogP contribution in [-0.2, 0) is 9.53 Å². The number of anilines is 1. The molecule has 0 aromatic heterocycles. The Labute approximate surface area is 135 Å². The van der Waals surface area contributed by atoms with Crippen LogP contribution in [0.5, 0.6) is 0 Å². The molecule has 0 aliphatic carbocycles. The first-order valence-corrected chi connectivity index (χ1v) is 7.68. The van der Waals surface area contributed by atoms with E-state index in [4.69, 9.17) is 10.00 Å². The van der Waals surface area contributed by atoms with Crippen molar-refractivity contribution in [3.8, 4) is 6.07 Å². The molecule has 0 bridgehead atoms. The van der Waals surface area contributed by atoms with E-state index < -0.39 is 0 Å². The summed E-state index contributed by atoms with van der Waals surface area (Å²) in [6.45, 7) is 5.02. The highest BCUT2D eigenvalue weighted by Gasteiger charge is 2.26. The summed E-state index contributed by atoms with van der Waals surface area (Å²) in [6.07, 6.45) is -0.293. The first-order chi connectivity index (χ1) is 11.1. The van der Waals surface area contributed by atoms with Gasteiger partial charge in [0.15, 0.2) is 6.54 Å². The molecule has 2 amide bonds. The minimum atomic E-state index is -0.293. The Morgan fingerprint density at radius 3 is 2.70 bits per heavy atom. The van der Waals surface area contributed by atoms with E-state index in [-0.39, 0.29) is 12.0 Å². The Kier molecular flexibility index (Phi) is 5.94. The van der Waals surface area contributed by atoms with E-state index in [1.807, 2.05) is 0 Å². The normalized spacial score (nSPS) is 14.9. The Morgan fingerprint density at radius 1 is 1.35 bits per heavy atom. The highest BCUT2D eigenvalue weighted by molar-refractivity contribution is 5.92. The number of amides is 2. The number of rotatable bonds is 4. The molecule has 0 spiro atoms. The van der Waals surface area contributed by atoms with Crippen LogP contribution in [0.4, 0.5) is 10.5 Å². The van der Waals surface area contributed by atoms with Gasteiger partial charge in [-0.25, -0.2) is 4.79 Å². The molecule has 1 saturated heterocycles. The zero-order chi connectivity index (χ0) is 16.7. The van der Waals surface area contributed by atoms with Crippen LogP contribution < -0.4 is 10.2 Å². The first kappa shape index (κ1) is 16.8. The standard InChI is InChI=1S/C16H20N4O3/c1-2-23-16(22)20-9-7-19(8-10-20)12-15(21)18-14-6-4-3-5-13(14)11-17/h3-6H,2,7-10,12H2,1H3,(H,18,21)/p+1. The van der Waals surface area contributed by atoms with Gasteiger partial charge in [-0.15, -0.1) is 0 Å². The van der Waals surface area contributed by atoms with Crippen LogP contribution in [0.15, 0.2) is 24.3 Å². The van der Waals surface area contributed by atoms with Crippen molar-refractivity contribution in [2.45, 2.75) is 6.92 Å². The molecule has 7 heteroatoms. The van der Waals surface area contributed by atoms with Crippen LogP contribution in [0.3, 0.4) is 0 Å². The summed E-state index contributed by atoms with van der Waals surface area (Å²) in [5.74, 6) is -0.132. The quantitative estimate of drug-likeness (QED) is 0.809. The van der Waals surface area contributed by atoms with E-state index in [1.54, 1.807) is 36.1 Å². The molecule has 0 unspecified atom stereocenters. The molecule has 2 rings (SSSR count). The van der Waals surface area contributed by atoms with Crippen molar-refractivity contribution in [3.63, 3.8) is 0 Å². The summed E-state index contributed by atoms with van der Waals surface area (Å²) < 4.78 is 4.97. The lowest BCUT2D eigenvalue weighted by molar-refractivity contribution is -0.895. The molecular formula is C16H21N4O3+. The fourth-order valence-corrected chi connectivity index (χ4v) is 2.51. The second-order valence-corrected chi connectivity index (χ2v) is 5.32. The monoisotopic (exact) mass is 317 g/mol. The fraction of sp³-hybridized carbons (Fsp3) is 0.438. The number of carbonyl (C=O) groups is 2. The van der Waals surface area contributed by atoms with Crippen molar-refractivity contribution >= 4 is 17.7 Å². The zero-order valence-electron chi connectivity index (χ0n) is 13.2. The third kappa shape index (κ3) is 4.69. The van der Waals surface area contributed by atoms with Gasteiger partial charge in [0.2, 0.25) is 0 Å². The Morgan fingerprint density at radius 2 is 2.04 bits per heavy atom. The summed E-state index contributed by atoms with van der Waals surface area (Å²) in [5.41, 5.74) is 0.979. The molecule has 1 aromatic carbocycles. The number of para-hydroxylation sites is 1. The summed E-state index contributed by atoms with van der Waals surface area (Å²) in [6, 6.07) is 8.97. The van der Waals surface area contributed by atoms with Gasteiger partial charge in [0.05, 0.1) is 44.0 Å². The third-order valence-electron chi connectivity index (χ3n) is 3.73. The average Bonchev–Trinajstić information content (AvgIpc) is 2.56. The van der Waals surface area contributed by atoms with E-state index in [0.717, 1.165) is 4.90 Å². The molecular weight excluding hydrogens is 296 g/mol. The maximum absolute atomic E-state index is 12.1. The van der Waals surface area contributed by atoms with Crippen LogP contribution in [0.2, 0.25) is 0 Å². The highest BCUT2D eigenvalue weighted by Crippen LogP contribution is 2.12. The maximum atomic E-state index is 12.1. The Balaban J connectivity index is 1.81. The number of nitrogens with one attached hydrogen (secondary N) is 2. The molecule has 1 aliphatic rings. The van der Waals surface area contributed by atoms with E-state index in [9.17, 15) is 9.59 Å². The van der Waals surface area contributed by atoms with E-state index >= 15 is 0 Å². The van der Waals surface area contributed by atoms with Crippen molar-refractivity contribution in [2.75, 3.05) is 44.6 Å². The highest BCUT2D eigenvalue weighted by atomic mass is 16.6. The van der Waals surface area contributed by atoms with Crippen LogP contribution in [0.1, 0.15) is 12.5 Å². The summed E-state index contributed by atoms with van der Waals surface area (Å²) in [5, 5.41) is 11.8. The van der Waals surface area contributed by atoms with E-state index in [2.05, 4.69) is 11.4 Å². The third-order valence-corrected chi connectivity index (χ3v) is 3.73. The van der Waals surface area contributed by atoms with Crippen LogP contribution >= 0.6 is 0 Å². The minimum Gasteiger partial charge on any atom is -0.450 e. The lowest BCUT2D eigenvalue weighted by atomic mass is 10.2. The number of carbonyl (C=O) groups excluding carboxylic acids is 2. The molecule has 1 heterocycles. The van der Waals surface area contributed by atoms with Gasteiger partial charge in [0.25, 0.3) is 5.91 Å². The molecule has 1 fully saturated rings. The van der Waals surface area contributed by atoms with E-state index in [0.29, 0.717) is 50.6 Å². The zero-order valence-corrected chi connectivity index (χ0v) is 13.2. The topological polar surface area (TPSA) is 86.9 Å². The smallest absolute Gasteiger partial charge is 0.410 e. The largest absolute Gasteiger partial charge is 0.450 e. The predicted molar refractivity (Wildman–Crippen MR) is 83.9 cm³/mol. The molecule has 0 saturated carbocycles. The number of hydrogen-bond donors (Lipinski definition) is 2. The van der Waals surface area contributed by atoms with Crippen LogP contribution in [0.25, 0.3) is 0 Å². The number of nitriles is 1. The molecule has 0 atom stereocenters. The van der Waals surface area contributed by atoms with Gasteiger partial charge in [0, 0.05) is 0 Å². The van der Waals surface area contributed by atoms with Crippen molar-refractivity contribution in [2.24, 2.45) is 0 Å². The number of piperazine rings is 1. The summed E-state index contributed by atoms with van der Waals surface area (Å²) in [4.78, 5) is 26.5. The first-order valence-electron chi connectivity index (χ1n) is 7.68. The Hall–Kier alpha value is -2.59. The Bertz CT molecular complexity index is 604. The lowest BCUT2D eigenvalue weighted by Gasteiger charge is -2.31. The molecule has 122 valence electrons. The molecule has 2 N–H and O–H groups in total. The van der Waals surface area contributed by atoms with Crippen LogP contribution in [0, 0.1) is 11.3 Å². The second-order valence-electron chi connectivity index (χ2n) is 5.32. The van der Waals surface area contributed by atoms with Crippen molar-refractivity contribution in [3.05, 3.63) is 29.8 Å². The van der Waals surface area contributed by atoms with Crippen molar-refractivity contribution in [1.29, 1.82) is 5.26 Å². The molecule has 1 aliphatic heterocycles. The van der Waals surface area contributed by atoms with Gasteiger partial charge >= 0.3 is 6.09 Å². The summed E-state index contributed by atoms with van der Waals surface area (Å²) >= 11 is 0. The molecule has 7 nitrogen and oxygen atoms in total. The van der Waals surface area contributed by atoms with Gasteiger partial charge in [-0.05, 0) is 19.1 Å². The number of quaternary nitrogens is 1. The van der Waals surface area contributed by atoms with Crippen molar-refractivity contribution < 1.29 is 19.2 Å². The number of benzene rings is 1. The number of hydrogen-bond acceptors (Lipinski definition) is 4. The molecule has 0 radical (unpaired) electrons. The fourth-order valence-electron chi connectivity index (χ4n) is 2.51. The number of ether oxygens (including phenoxy) is 1. The van der Waals surface area contributed by atoms with E-state index in [1.165, 1.54) is 0 Å². The maximum Gasteiger partial charge on any atom is 0.410 e. The second kappa shape index (κ2) is 8.15. The van der Waals surface area contributed by atoms with Crippen molar-refractivity contribution in [1.82, 2.24) is 4.90 Å². The number of nitrogens with zero attached hydrogens (tertiary/aromatic N) is 2. The van der Waals surface area contributed by atoms with Crippen LogP contribution in [-0.4, -0.2) is 56.2 Å². The van der Waals surface area contributed by atoms with Gasteiger partial charge in [0.1, 0.15) is 6.07 Å². The molecule has 1 aromatic rings. The predicted octanol–water partition coefficient (Wildman–Crippen LogP) is -0.146.